The molecule has 0 aromatic heterocycles. The highest BCUT2D eigenvalue weighted by Gasteiger charge is 2.25. The van der Waals surface area contributed by atoms with Gasteiger partial charge < -0.3 is 21.5 Å². The van der Waals surface area contributed by atoms with Crippen LogP contribution in [-0.2, 0) is 4.79 Å². The molecule has 1 aliphatic heterocycles. The summed E-state index contributed by atoms with van der Waals surface area (Å²) in [5.41, 5.74) is 7.59. The largest absolute Gasteiger partial charge is 0.397 e. The number of carbonyl (C=O) groups is 1. The van der Waals surface area contributed by atoms with Gasteiger partial charge in [0.25, 0.3) is 0 Å². The third kappa shape index (κ3) is 1.27. The fraction of sp³-hybridized carbons (Fsp3) is 0.222. The van der Waals surface area contributed by atoms with E-state index in [0.717, 1.165) is 0 Å². The molecule has 5 N–H and O–H groups in total. The van der Waals surface area contributed by atoms with Gasteiger partial charge in [-0.1, -0.05) is 6.07 Å². The van der Waals surface area contributed by atoms with Crippen LogP contribution in [-0.4, -0.2) is 23.7 Å². The lowest BCUT2D eigenvalue weighted by atomic mass is 10.1. The number of nitrogen functional groups attached to an aromatic ring is 1. The molecule has 1 aliphatic rings. The third-order valence-corrected chi connectivity index (χ3v) is 2.17. The smallest absolute Gasteiger partial charge is 0.249 e. The van der Waals surface area contributed by atoms with Crippen molar-refractivity contribution >= 4 is 23.0 Å². The van der Waals surface area contributed by atoms with Crippen LogP contribution in [0.15, 0.2) is 18.2 Å². The fourth-order valence-electron chi connectivity index (χ4n) is 1.42. The van der Waals surface area contributed by atoms with Crippen LogP contribution in [0.3, 0.4) is 0 Å². The van der Waals surface area contributed by atoms with Gasteiger partial charge in [-0.2, -0.15) is 0 Å². The Morgan fingerprint density at radius 3 is 3.00 bits per heavy atom. The molecule has 5 heteroatoms. The monoisotopic (exact) mass is 193 g/mol. The minimum atomic E-state index is -0.618. The van der Waals surface area contributed by atoms with Crippen LogP contribution >= 0.6 is 0 Å². The molecule has 1 atom stereocenters. The first-order chi connectivity index (χ1) is 6.72. The van der Waals surface area contributed by atoms with E-state index in [1.54, 1.807) is 18.2 Å². The van der Waals surface area contributed by atoms with Crippen LogP contribution in [0.5, 0.6) is 0 Å². The third-order valence-electron chi connectivity index (χ3n) is 2.17. The van der Waals surface area contributed by atoms with E-state index in [1.165, 1.54) is 0 Å². The maximum absolute atomic E-state index is 11.3. The SMILES string of the molecule is Nc1cccc2c1NC(CO)C(=O)N2. The Hall–Kier alpha value is -1.75. The molecule has 0 bridgehead atoms. The first kappa shape index (κ1) is 8.83. The Labute approximate surface area is 80.9 Å². The molecule has 1 unspecified atom stereocenters. The first-order valence-corrected chi connectivity index (χ1v) is 4.29. The summed E-state index contributed by atoms with van der Waals surface area (Å²) in [4.78, 5) is 11.3. The quantitative estimate of drug-likeness (QED) is 0.472. The van der Waals surface area contributed by atoms with Crippen molar-refractivity contribution < 1.29 is 9.90 Å². The van der Waals surface area contributed by atoms with E-state index < -0.39 is 6.04 Å². The second kappa shape index (κ2) is 3.19. The number of amides is 1. The van der Waals surface area contributed by atoms with Crippen molar-refractivity contribution in [2.75, 3.05) is 23.0 Å². The van der Waals surface area contributed by atoms with Gasteiger partial charge in [-0.3, -0.25) is 4.79 Å². The second-order valence-electron chi connectivity index (χ2n) is 3.14. The second-order valence-corrected chi connectivity index (χ2v) is 3.14. The average molecular weight is 193 g/mol. The Balaban J connectivity index is 2.40. The van der Waals surface area contributed by atoms with E-state index in [1.807, 2.05) is 0 Å². The molecule has 0 saturated heterocycles. The molecule has 1 heterocycles. The summed E-state index contributed by atoms with van der Waals surface area (Å²) in [6, 6.07) is 4.63. The predicted octanol–water partition coefficient (Wildman–Crippen LogP) is -0.00630. The van der Waals surface area contributed by atoms with Crippen LogP contribution in [0.1, 0.15) is 0 Å². The summed E-state index contributed by atoms with van der Waals surface area (Å²) in [5, 5.41) is 14.5. The van der Waals surface area contributed by atoms with E-state index in [9.17, 15) is 4.79 Å². The molecule has 1 aromatic rings. The maximum atomic E-state index is 11.3. The summed E-state index contributed by atoms with van der Waals surface area (Å²) in [6.07, 6.45) is 0. The van der Waals surface area contributed by atoms with E-state index in [0.29, 0.717) is 17.1 Å². The van der Waals surface area contributed by atoms with Gasteiger partial charge in [0.1, 0.15) is 6.04 Å². The van der Waals surface area contributed by atoms with Crippen molar-refractivity contribution in [3.05, 3.63) is 18.2 Å². The van der Waals surface area contributed by atoms with Crippen molar-refractivity contribution in [1.29, 1.82) is 0 Å². The van der Waals surface area contributed by atoms with Crippen LogP contribution < -0.4 is 16.4 Å². The molecule has 5 nitrogen and oxygen atoms in total. The fourth-order valence-corrected chi connectivity index (χ4v) is 1.42. The molecule has 0 fully saturated rings. The lowest BCUT2D eigenvalue weighted by molar-refractivity contribution is -0.117. The molecular formula is C9H11N3O2. The molecule has 1 aromatic carbocycles. The molecule has 74 valence electrons. The van der Waals surface area contributed by atoms with Gasteiger partial charge in [-0.05, 0) is 12.1 Å². The minimum Gasteiger partial charge on any atom is -0.397 e. The summed E-state index contributed by atoms with van der Waals surface area (Å²) < 4.78 is 0. The number of fused-ring (bicyclic) bond motifs is 1. The Morgan fingerprint density at radius 1 is 1.50 bits per heavy atom. The zero-order valence-corrected chi connectivity index (χ0v) is 7.45. The lowest BCUT2D eigenvalue weighted by Gasteiger charge is -2.26. The Morgan fingerprint density at radius 2 is 2.29 bits per heavy atom. The maximum Gasteiger partial charge on any atom is 0.249 e. The van der Waals surface area contributed by atoms with Gasteiger partial charge in [0.2, 0.25) is 5.91 Å². The van der Waals surface area contributed by atoms with Gasteiger partial charge in [0.15, 0.2) is 0 Å². The van der Waals surface area contributed by atoms with Crippen LogP contribution in [0.2, 0.25) is 0 Å². The number of benzene rings is 1. The number of para-hydroxylation sites is 1. The minimum absolute atomic E-state index is 0.245. The standard InChI is InChI=1S/C9H11N3O2/c10-5-2-1-3-6-8(5)11-7(4-13)9(14)12-6/h1-3,7,11,13H,4,10H2,(H,12,14). The molecule has 0 spiro atoms. The molecular weight excluding hydrogens is 182 g/mol. The van der Waals surface area contributed by atoms with E-state index in [2.05, 4.69) is 10.6 Å². The lowest BCUT2D eigenvalue weighted by Crippen LogP contribution is -2.41. The van der Waals surface area contributed by atoms with Gasteiger partial charge in [0, 0.05) is 0 Å². The number of anilines is 3. The van der Waals surface area contributed by atoms with Crippen LogP contribution in [0, 0.1) is 0 Å². The molecule has 0 saturated carbocycles. The highest BCUT2D eigenvalue weighted by Crippen LogP contribution is 2.31. The molecule has 2 rings (SSSR count). The molecule has 14 heavy (non-hydrogen) atoms. The number of aliphatic hydroxyl groups excluding tert-OH is 1. The van der Waals surface area contributed by atoms with Crippen LogP contribution in [0.25, 0.3) is 0 Å². The predicted molar refractivity (Wildman–Crippen MR) is 54.0 cm³/mol. The van der Waals surface area contributed by atoms with Gasteiger partial charge in [-0.15, -0.1) is 0 Å². The average Bonchev–Trinajstić information content (AvgIpc) is 2.17. The van der Waals surface area contributed by atoms with Crippen molar-refractivity contribution in [1.82, 2.24) is 0 Å². The Kier molecular flexibility index (Phi) is 2.01. The number of rotatable bonds is 1. The van der Waals surface area contributed by atoms with Crippen molar-refractivity contribution in [2.45, 2.75) is 6.04 Å². The Bertz CT molecular complexity index is 378. The molecule has 0 aliphatic carbocycles. The molecule has 1 amide bonds. The number of nitrogens with two attached hydrogens (primary N) is 1. The highest BCUT2D eigenvalue weighted by atomic mass is 16.3. The number of aliphatic hydroxyl groups is 1. The number of hydrogen-bond acceptors (Lipinski definition) is 4. The summed E-state index contributed by atoms with van der Waals surface area (Å²) in [6.45, 7) is -0.250. The van der Waals surface area contributed by atoms with E-state index in [4.69, 9.17) is 10.8 Å². The van der Waals surface area contributed by atoms with Gasteiger partial charge in [0.05, 0.1) is 23.7 Å². The number of nitrogens with one attached hydrogen (secondary N) is 2. The van der Waals surface area contributed by atoms with Crippen LogP contribution in [0.4, 0.5) is 17.1 Å². The van der Waals surface area contributed by atoms with Gasteiger partial charge in [-0.25, -0.2) is 0 Å². The summed E-state index contributed by atoms with van der Waals surface area (Å²) in [5.74, 6) is -0.245. The first-order valence-electron chi connectivity index (χ1n) is 4.29. The van der Waals surface area contributed by atoms with Gasteiger partial charge >= 0.3 is 0 Å². The van der Waals surface area contributed by atoms with Crippen molar-refractivity contribution in [2.24, 2.45) is 0 Å². The normalized spacial score (nSPS) is 19.5. The highest BCUT2D eigenvalue weighted by molar-refractivity contribution is 6.05. The zero-order chi connectivity index (χ0) is 10.1. The zero-order valence-electron chi connectivity index (χ0n) is 7.45. The summed E-state index contributed by atoms with van der Waals surface area (Å²) in [7, 11) is 0. The van der Waals surface area contributed by atoms with Crippen molar-refractivity contribution in [3.8, 4) is 0 Å². The van der Waals surface area contributed by atoms with E-state index in [-0.39, 0.29) is 12.5 Å². The van der Waals surface area contributed by atoms with E-state index >= 15 is 0 Å². The topological polar surface area (TPSA) is 87.4 Å². The van der Waals surface area contributed by atoms with Crippen molar-refractivity contribution in [3.63, 3.8) is 0 Å². The number of carbonyl (C=O) groups excluding carboxylic acids is 1. The number of hydrogen-bond donors (Lipinski definition) is 4. The molecule has 0 radical (unpaired) electrons. The summed E-state index contributed by atoms with van der Waals surface area (Å²) >= 11 is 0.